The number of carbonyl (C=O) groups excluding carboxylic acids is 1. The summed E-state index contributed by atoms with van der Waals surface area (Å²) in [5.41, 5.74) is 6.28. The van der Waals surface area contributed by atoms with E-state index in [9.17, 15) is 4.79 Å². The Morgan fingerprint density at radius 3 is 2.80 bits per heavy atom. The number of halogens is 1. The van der Waals surface area contributed by atoms with E-state index in [1.165, 1.54) is 0 Å². The molecule has 1 amide bonds. The van der Waals surface area contributed by atoms with Gasteiger partial charge in [-0.15, -0.1) is 0 Å². The normalized spacial score (nSPS) is 12.8. The standard InChI is InChI=1S/C11H15ClN2O/c1-8(11(13)15)14(2)7-9-4-3-5-10(12)6-9/h3-6,8H,7H2,1-2H3,(H2,13,15)/t8-/m0/s1. The molecule has 82 valence electrons. The Kier molecular flexibility index (Phi) is 4.12. The lowest BCUT2D eigenvalue weighted by atomic mass is 10.2. The molecule has 0 aliphatic heterocycles. The summed E-state index contributed by atoms with van der Waals surface area (Å²) in [7, 11) is 1.86. The third-order valence-corrected chi connectivity index (χ3v) is 2.63. The lowest BCUT2D eigenvalue weighted by Gasteiger charge is -2.21. The second-order valence-electron chi connectivity index (χ2n) is 3.62. The molecule has 0 fully saturated rings. The van der Waals surface area contributed by atoms with Crippen LogP contribution in [0.25, 0.3) is 0 Å². The van der Waals surface area contributed by atoms with Crippen molar-refractivity contribution < 1.29 is 4.79 Å². The lowest BCUT2D eigenvalue weighted by Crippen LogP contribution is -2.39. The topological polar surface area (TPSA) is 46.3 Å². The monoisotopic (exact) mass is 226 g/mol. The molecule has 0 aliphatic rings. The van der Waals surface area contributed by atoms with Crippen molar-refractivity contribution in [3.8, 4) is 0 Å². The van der Waals surface area contributed by atoms with Gasteiger partial charge in [0.15, 0.2) is 0 Å². The van der Waals surface area contributed by atoms with Crippen LogP contribution in [0.3, 0.4) is 0 Å². The number of carbonyl (C=O) groups is 1. The number of nitrogens with zero attached hydrogens (tertiary/aromatic N) is 1. The Morgan fingerprint density at radius 1 is 1.60 bits per heavy atom. The molecule has 0 bridgehead atoms. The van der Waals surface area contributed by atoms with Crippen molar-refractivity contribution in [1.29, 1.82) is 0 Å². The van der Waals surface area contributed by atoms with Crippen LogP contribution in [0.15, 0.2) is 24.3 Å². The van der Waals surface area contributed by atoms with Gasteiger partial charge in [-0.3, -0.25) is 9.69 Å². The molecule has 0 aromatic heterocycles. The molecule has 15 heavy (non-hydrogen) atoms. The van der Waals surface area contributed by atoms with Gasteiger partial charge >= 0.3 is 0 Å². The smallest absolute Gasteiger partial charge is 0.234 e. The molecule has 1 atom stereocenters. The van der Waals surface area contributed by atoms with Gasteiger partial charge in [0.2, 0.25) is 5.91 Å². The number of hydrogen-bond acceptors (Lipinski definition) is 2. The first kappa shape index (κ1) is 12.0. The van der Waals surface area contributed by atoms with Crippen LogP contribution in [0, 0.1) is 0 Å². The van der Waals surface area contributed by atoms with Crippen LogP contribution in [-0.2, 0) is 11.3 Å². The van der Waals surface area contributed by atoms with E-state index in [2.05, 4.69) is 0 Å². The number of benzene rings is 1. The van der Waals surface area contributed by atoms with E-state index in [1.807, 2.05) is 36.2 Å². The number of rotatable bonds is 4. The molecule has 0 saturated carbocycles. The molecule has 1 aromatic carbocycles. The van der Waals surface area contributed by atoms with Gasteiger partial charge < -0.3 is 5.73 Å². The fourth-order valence-electron chi connectivity index (χ4n) is 1.28. The van der Waals surface area contributed by atoms with Crippen LogP contribution in [-0.4, -0.2) is 23.9 Å². The maximum absolute atomic E-state index is 11.0. The summed E-state index contributed by atoms with van der Waals surface area (Å²) in [5, 5.41) is 0.702. The molecule has 0 spiro atoms. The highest BCUT2D eigenvalue weighted by Gasteiger charge is 2.14. The van der Waals surface area contributed by atoms with Crippen molar-refractivity contribution >= 4 is 17.5 Å². The number of hydrogen-bond donors (Lipinski definition) is 1. The molecule has 0 saturated heterocycles. The third-order valence-electron chi connectivity index (χ3n) is 2.39. The van der Waals surface area contributed by atoms with Gasteiger partial charge in [-0.05, 0) is 31.7 Å². The SMILES string of the molecule is C[C@@H](C(N)=O)N(C)Cc1cccc(Cl)c1. The van der Waals surface area contributed by atoms with E-state index in [0.29, 0.717) is 11.6 Å². The highest BCUT2D eigenvalue weighted by molar-refractivity contribution is 6.30. The maximum Gasteiger partial charge on any atom is 0.234 e. The van der Waals surface area contributed by atoms with E-state index < -0.39 is 0 Å². The first-order valence-electron chi connectivity index (χ1n) is 4.74. The van der Waals surface area contributed by atoms with Crippen LogP contribution in [0.1, 0.15) is 12.5 Å². The first-order chi connectivity index (χ1) is 7.00. The minimum absolute atomic E-state index is 0.274. The van der Waals surface area contributed by atoms with Gasteiger partial charge in [0.05, 0.1) is 6.04 Å². The molecule has 3 nitrogen and oxygen atoms in total. The van der Waals surface area contributed by atoms with Crippen molar-refractivity contribution in [2.24, 2.45) is 5.73 Å². The Bertz CT molecular complexity index is 354. The fraction of sp³-hybridized carbons (Fsp3) is 0.364. The minimum atomic E-state index is -0.320. The van der Waals surface area contributed by atoms with Gasteiger partial charge in [-0.1, -0.05) is 23.7 Å². The van der Waals surface area contributed by atoms with Crippen LogP contribution >= 0.6 is 11.6 Å². The molecule has 2 N–H and O–H groups in total. The molecular weight excluding hydrogens is 212 g/mol. The van der Waals surface area contributed by atoms with Crippen LogP contribution in [0.5, 0.6) is 0 Å². The summed E-state index contributed by atoms with van der Waals surface area (Å²) in [6, 6.07) is 7.29. The van der Waals surface area contributed by atoms with E-state index >= 15 is 0 Å². The van der Waals surface area contributed by atoms with Crippen LogP contribution in [0.4, 0.5) is 0 Å². The van der Waals surface area contributed by atoms with Crippen LogP contribution in [0.2, 0.25) is 5.02 Å². The Morgan fingerprint density at radius 2 is 2.27 bits per heavy atom. The quantitative estimate of drug-likeness (QED) is 0.849. The first-order valence-corrected chi connectivity index (χ1v) is 5.12. The summed E-state index contributed by atoms with van der Waals surface area (Å²) in [4.78, 5) is 12.8. The van der Waals surface area contributed by atoms with E-state index in [4.69, 9.17) is 17.3 Å². The predicted molar refractivity (Wildman–Crippen MR) is 61.6 cm³/mol. The number of primary amides is 1. The number of nitrogens with two attached hydrogens (primary N) is 1. The Hall–Kier alpha value is -1.06. The third kappa shape index (κ3) is 3.53. The average molecular weight is 227 g/mol. The average Bonchev–Trinajstić information content (AvgIpc) is 2.16. The summed E-state index contributed by atoms with van der Waals surface area (Å²) in [5.74, 6) is -0.320. The highest BCUT2D eigenvalue weighted by Crippen LogP contribution is 2.12. The highest BCUT2D eigenvalue weighted by atomic mass is 35.5. The molecule has 0 aliphatic carbocycles. The Labute approximate surface area is 94.8 Å². The summed E-state index contributed by atoms with van der Waals surface area (Å²) in [6.07, 6.45) is 0. The molecule has 1 rings (SSSR count). The summed E-state index contributed by atoms with van der Waals surface area (Å²) in [6.45, 7) is 2.44. The number of amides is 1. The minimum Gasteiger partial charge on any atom is -0.368 e. The Balaban J connectivity index is 2.66. The van der Waals surface area contributed by atoms with Crippen LogP contribution < -0.4 is 5.73 Å². The molecule has 0 unspecified atom stereocenters. The van der Waals surface area contributed by atoms with E-state index in [1.54, 1.807) is 6.92 Å². The molecule has 1 aromatic rings. The zero-order chi connectivity index (χ0) is 11.4. The van der Waals surface area contributed by atoms with Crippen molar-refractivity contribution in [3.05, 3.63) is 34.9 Å². The second kappa shape index (κ2) is 5.14. The maximum atomic E-state index is 11.0. The van der Waals surface area contributed by atoms with Gasteiger partial charge in [0, 0.05) is 11.6 Å². The van der Waals surface area contributed by atoms with Gasteiger partial charge in [-0.25, -0.2) is 0 Å². The molecule has 4 heteroatoms. The molecule has 0 heterocycles. The zero-order valence-corrected chi connectivity index (χ0v) is 9.66. The fourth-order valence-corrected chi connectivity index (χ4v) is 1.49. The second-order valence-corrected chi connectivity index (χ2v) is 4.06. The van der Waals surface area contributed by atoms with Crippen molar-refractivity contribution in [3.63, 3.8) is 0 Å². The molecule has 0 radical (unpaired) electrons. The lowest BCUT2D eigenvalue weighted by molar-refractivity contribution is -0.122. The zero-order valence-electron chi connectivity index (χ0n) is 8.90. The molecular formula is C11H15ClN2O. The van der Waals surface area contributed by atoms with Crippen molar-refractivity contribution in [1.82, 2.24) is 4.90 Å². The summed E-state index contributed by atoms with van der Waals surface area (Å²) >= 11 is 5.86. The van der Waals surface area contributed by atoms with Gasteiger partial charge in [-0.2, -0.15) is 0 Å². The van der Waals surface area contributed by atoms with Gasteiger partial charge in [0.1, 0.15) is 0 Å². The largest absolute Gasteiger partial charge is 0.368 e. The van der Waals surface area contributed by atoms with Crippen molar-refractivity contribution in [2.75, 3.05) is 7.05 Å². The number of likely N-dealkylation sites (N-methyl/N-ethyl adjacent to an activating group) is 1. The van der Waals surface area contributed by atoms with E-state index in [-0.39, 0.29) is 11.9 Å². The summed E-state index contributed by atoms with van der Waals surface area (Å²) < 4.78 is 0. The predicted octanol–water partition coefficient (Wildman–Crippen LogP) is 1.65. The van der Waals surface area contributed by atoms with Crippen molar-refractivity contribution in [2.45, 2.75) is 19.5 Å². The van der Waals surface area contributed by atoms with Gasteiger partial charge in [0.25, 0.3) is 0 Å². The van der Waals surface area contributed by atoms with E-state index in [0.717, 1.165) is 5.56 Å².